The van der Waals surface area contributed by atoms with Gasteiger partial charge in [-0.15, -0.1) is 0 Å². The first-order chi connectivity index (χ1) is 8.66. The van der Waals surface area contributed by atoms with Crippen LogP contribution in [-0.2, 0) is 0 Å². The normalized spacial score (nSPS) is 10.8. The summed E-state index contributed by atoms with van der Waals surface area (Å²) in [6.07, 6.45) is 1.73. The van der Waals surface area contributed by atoms with Crippen LogP contribution in [0.4, 0.5) is 5.69 Å². The lowest BCUT2D eigenvalue weighted by molar-refractivity contribution is 1.35. The molecule has 0 amide bonds. The molecule has 0 fully saturated rings. The third-order valence-electron chi connectivity index (χ3n) is 2.22. The fourth-order valence-electron chi connectivity index (χ4n) is 1.32. The van der Waals surface area contributed by atoms with E-state index < -0.39 is 0 Å². The summed E-state index contributed by atoms with van der Waals surface area (Å²) in [5.74, 6) is 0. The van der Waals surface area contributed by atoms with Crippen LogP contribution in [0.1, 0.15) is 5.56 Å². The first-order valence-corrected chi connectivity index (χ1v) is 6.70. The van der Waals surface area contributed by atoms with Crippen molar-refractivity contribution in [1.82, 2.24) is 0 Å². The maximum Gasteiger partial charge on any atom is 0.0613 e. The van der Waals surface area contributed by atoms with E-state index in [1.54, 1.807) is 18.3 Å². The van der Waals surface area contributed by atoms with Crippen molar-refractivity contribution in [3.05, 3.63) is 62.5 Å². The molecule has 1 N–H and O–H groups in total. The molecule has 2 aromatic carbocycles. The summed E-state index contributed by atoms with van der Waals surface area (Å²) in [6, 6.07) is 13.1. The van der Waals surface area contributed by atoms with Crippen LogP contribution >= 0.6 is 39.1 Å². The molecule has 2 nitrogen and oxygen atoms in total. The van der Waals surface area contributed by atoms with Crippen molar-refractivity contribution in [3.8, 4) is 0 Å². The monoisotopic (exact) mass is 342 g/mol. The highest BCUT2D eigenvalue weighted by molar-refractivity contribution is 9.10. The first-order valence-electron chi connectivity index (χ1n) is 5.15. The van der Waals surface area contributed by atoms with E-state index in [4.69, 9.17) is 23.2 Å². The summed E-state index contributed by atoms with van der Waals surface area (Å²) in [6.45, 7) is 0. The molecule has 2 rings (SSSR count). The van der Waals surface area contributed by atoms with Gasteiger partial charge in [-0.25, -0.2) is 0 Å². The van der Waals surface area contributed by atoms with Crippen LogP contribution in [-0.4, -0.2) is 6.21 Å². The molecule has 0 radical (unpaired) electrons. The zero-order chi connectivity index (χ0) is 13.0. The summed E-state index contributed by atoms with van der Waals surface area (Å²) < 4.78 is 0.990. The highest BCUT2D eigenvalue weighted by atomic mass is 79.9. The van der Waals surface area contributed by atoms with Crippen molar-refractivity contribution in [2.45, 2.75) is 0 Å². The van der Waals surface area contributed by atoms with Crippen LogP contribution in [0.2, 0.25) is 10.0 Å². The van der Waals surface area contributed by atoms with Gasteiger partial charge in [-0.05, 0) is 24.3 Å². The molecular weight excluding hydrogens is 335 g/mol. The van der Waals surface area contributed by atoms with Crippen LogP contribution in [0, 0.1) is 0 Å². The highest BCUT2D eigenvalue weighted by Crippen LogP contribution is 2.25. The highest BCUT2D eigenvalue weighted by Gasteiger charge is 1.98. The van der Waals surface area contributed by atoms with Gasteiger partial charge in [0, 0.05) is 10.0 Å². The first kappa shape index (κ1) is 13.4. The number of nitrogens with one attached hydrogen (secondary N) is 1. The Hall–Kier alpha value is -1.03. The van der Waals surface area contributed by atoms with Crippen molar-refractivity contribution < 1.29 is 0 Å². The molecule has 2 aromatic rings. The van der Waals surface area contributed by atoms with Gasteiger partial charge in [0.2, 0.25) is 0 Å². The minimum atomic E-state index is 0.498. The Balaban J connectivity index is 2.07. The molecule has 0 aliphatic carbocycles. The van der Waals surface area contributed by atoms with Gasteiger partial charge >= 0.3 is 0 Å². The fraction of sp³-hybridized carbons (Fsp3) is 0. The van der Waals surface area contributed by atoms with Crippen molar-refractivity contribution in [2.75, 3.05) is 5.43 Å². The van der Waals surface area contributed by atoms with E-state index in [0.29, 0.717) is 10.0 Å². The van der Waals surface area contributed by atoms with E-state index in [1.807, 2.05) is 30.3 Å². The smallest absolute Gasteiger partial charge is 0.0613 e. The third kappa shape index (κ3) is 3.48. The standard InChI is InChI=1S/C13H9BrCl2N2/c14-11-4-2-1-3-9(11)8-17-18-10-5-6-12(15)13(16)7-10/h1-8,18H. The number of hydrazone groups is 1. The fourth-order valence-corrected chi connectivity index (χ4v) is 2.01. The molecule has 0 bridgehead atoms. The Morgan fingerprint density at radius 1 is 1.06 bits per heavy atom. The molecular formula is C13H9BrCl2N2. The van der Waals surface area contributed by atoms with Crippen LogP contribution in [0.25, 0.3) is 0 Å². The van der Waals surface area contributed by atoms with E-state index >= 15 is 0 Å². The second-order valence-corrected chi connectivity index (χ2v) is 5.19. The average Bonchev–Trinajstić information content (AvgIpc) is 2.36. The van der Waals surface area contributed by atoms with Crippen molar-refractivity contribution >= 4 is 51.0 Å². The quantitative estimate of drug-likeness (QED) is 0.601. The average molecular weight is 344 g/mol. The molecule has 0 aliphatic heterocycles. The molecule has 0 atom stereocenters. The molecule has 0 heterocycles. The number of nitrogens with zero attached hydrogens (tertiary/aromatic N) is 1. The second-order valence-electron chi connectivity index (χ2n) is 3.52. The summed E-state index contributed by atoms with van der Waals surface area (Å²) in [5, 5.41) is 5.16. The van der Waals surface area contributed by atoms with Crippen LogP contribution in [0.5, 0.6) is 0 Å². The molecule has 0 aromatic heterocycles. The summed E-state index contributed by atoms with van der Waals surface area (Å²) in [5.41, 5.74) is 4.67. The predicted octanol–water partition coefficient (Wildman–Crippen LogP) is 5.20. The van der Waals surface area contributed by atoms with Crippen LogP contribution < -0.4 is 5.43 Å². The molecule has 0 spiro atoms. The van der Waals surface area contributed by atoms with E-state index in [0.717, 1.165) is 15.7 Å². The van der Waals surface area contributed by atoms with Crippen molar-refractivity contribution in [1.29, 1.82) is 0 Å². The molecule has 0 aliphatic rings. The Bertz CT molecular complexity index is 585. The number of halogens is 3. The topological polar surface area (TPSA) is 24.4 Å². The molecule has 92 valence electrons. The molecule has 18 heavy (non-hydrogen) atoms. The summed E-state index contributed by atoms with van der Waals surface area (Å²) in [4.78, 5) is 0. The van der Waals surface area contributed by atoms with Gasteiger partial charge < -0.3 is 0 Å². The van der Waals surface area contributed by atoms with Crippen molar-refractivity contribution in [3.63, 3.8) is 0 Å². The van der Waals surface area contributed by atoms with E-state index in [9.17, 15) is 0 Å². The molecule has 0 unspecified atom stereocenters. The molecule has 0 saturated carbocycles. The lowest BCUT2D eigenvalue weighted by Crippen LogP contribution is -1.91. The number of benzene rings is 2. The minimum absolute atomic E-state index is 0.498. The van der Waals surface area contributed by atoms with Crippen LogP contribution in [0.3, 0.4) is 0 Å². The lowest BCUT2D eigenvalue weighted by Gasteiger charge is -2.02. The Morgan fingerprint density at radius 3 is 2.56 bits per heavy atom. The Kier molecular flexibility index (Phi) is 4.64. The van der Waals surface area contributed by atoms with Gasteiger partial charge in [-0.3, -0.25) is 5.43 Å². The Morgan fingerprint density at radius 2 is 1.83 bits per heavy atom. The third-order valence-corrected chi connectivity index (χ3v) is 3.68. The zero-order valence-corrected chi connectivity index (χ0v) is 12.3. The van der Waals surface area contributed by atoms with Crippen LogP contribution in [0.15, 0.2) is 52.0 Å². The number of hydrogen-bond donors (Lipinski definition) is 1. The van der Waals surface area contributed by atoms with Gasteiger partial charge in [-0.2, -0.15) is 5.10 Å². The minimum Gasteiger partial charge on any atom is -0.278 e. The van der Waals surface area contributed by atoms with Crippen molar-refractivity contribution in [2.24, 2.45) is 5.10 Å². The van der Waals surface area contributed by atoms with Gasteiger partial charge in [0.15, 0.2) is 0 Å². The number of anilines is 1. The van der Waals surface area contributed by atoms with Gasteiger partial charge in [-0.1, -0.05) is 57.3 Å². The van der Waals surface area contributed by atoms with E-state index in [2.05, 4.69) is 26.5 Å². The number of rotatable bonds is 3. The zero-order valence-electron chi connectivity index (χ0n) is 9.20. The molecule has 5 heteroatoms. The Labute approximate surface area is 124 Å². The SMILES string of the molecule is Clc1ccc(NN=Cc2ccccc2Br)cc1Cl. The van der Waals surface area contributed by atoms with Gasteiger partial charge in [0.25, 0.3) is 0 Å². The maximum absolute atomic E-state index is 5.90. The van der Waals surface area contributed by atoms with Gasteiger partial charge in [0.1, 0.15) is 0 Å². The maximum atomic E-state index is 5.90. The van der Waals surface area contributed by atoms with E-state index in [-0.39, 0.29) is 0 Å². The summed E-state index contributed by atoms with van der Waals surface area (Å²) in [7, 11) is 0. The largest absolute Gasteiger partial charge is 0.278 e. The van der Waals surface area contributed by atoms with Gasteiger partial charge in [0.05, 0.1) is 21.9 Å². The second kappa shape index (κ2) is 6.23. The van der Waals surface area contributed by atoms with E-state index in [1.165, 1.54) is 0 Å². The molecule has 0 saturated heterocycles. The number of hydrogen-bond acceptors (Lipinski definition) is 2. The predicted molar refractivity (Wildman–Crippen MR) is 81.8 cm³/mol. The summed E-state index contributed by atoms with van der Waals surface area (Å²) >= 11 is 15.2. The lowest BCUT2D eigenvalue weighted by atomic mass is 10.2.